The molecule has 0 saturated carbocycles. The highest BCUT2D eigenvalue weighted by Gasteiger charge is 2.31. The van der Waals surface area contributed by atoms with Crippen LogP contribution < -0.4 is 15.4 Å². The van der Waals surface area contributed by atoms with E-state index in [1.54, 1.807) is 19.2 Å². The second-order valence-corrected chi connectivity index (χ2v) is 7.00. The van der Waals surface area contributed by atoms with Gasteiger partial charge in [0.15, 0.2) is 0 Å². The molecule has 0 bridgehead atoms. The van der Waals surface area contributed by atoms with E-state index in [1.807, 2.05) is 36.4 Å². The number of imide groups is 1. The number of para-hydroxylation sites is 1. The van der Waals surface area contributed by atoms with Crippen molar-refractivity contribution in [2.45, 2.75) is 18.1 Å². The third kappa shape index (κ3) is 4.43. The fourth-order valence-corrected chi connectivity index (χ4v) is 3.55. The summed E-state index contributed by atoms with van der Waals surface area (Å²) in [6, 6.07) is 14.7. The quantitative estimate of drug-likeness (QED) is 0.817. The SMILES string of the molecule is COc1ccccc1CC(=O)Nc1ccc(CC2SC(=O)NC2=O)cc1. The molecule has 26 heavy (non-hydrogen) atoms. The lowest BCUT2D eigenvalue weighted by molar-refractivity contribution is -0.119. The maximum absolute atomic E-state index is 12.2. The van der Waals surface area contributed by atoms with E-state index in [0.29, 0.717) is 17.9 Å². The van der Waals surface area contributed by atoms with Crippen LogP contribution in [0.15, 0.2) is 48.5 Å². The van der Waals surface area contributed by atoms with Crippen molar-refractivity contribution in [1.29, 1.82) is 0 Å². The van der Waals surface area contributed by atoms with Gasteiger partial charge in [-0.25, -0.2) is 0 Å². The number of rotatable bonds is 6. The summed E-state index contributed by atoms with van der Waals surface area (Å²) in [5.74, 6) is 0.285. The molecule has 134 valence electrons. The second-order valence-electron chi connectivity index (χ2n) is 5.82. The molecule has 1 atom stereocenters. The number of thioether (sulfide) groups is 1. The van der Waals surface area contributed by atoms with Crippen LogP contribution in [0, 0.1) is 0 Å². The predicted molar refractivity (Wildman–Crippen MR) is 100 cm³/mol. The zero-order valence-corrected chi connectivity index (χ0v) is 15.0. The largest absolute Gasteiger partial charge is 0.496 e. The second kappa shape index (κ2) is 8.05. The van der Waals surface area contributed by atoms with Gasteiger partial charge in [-0.05, 0) is 30.2 Å². The fraction of sp³-hybridized carbons (Fsp3) is 0.211. The van der Waals surface area contributed by atoms with Gasteiger partial charge < -0.3 is 10.1 Å². The van der Waals surface area contributed by atoms with Crippen molar-refractivity contribution in [1.82, 2.24) is 5.32 Å². The van der Waals surface area contributed by atoms with Crippen LogP contribution in [-0.2, 0) is 22.4 Å². The Hall–Kier alpha value is -2.80. The van der Waals surface area contributed by atoms with Crippen molar-refractivity contribution in [2.24, 2.45) is 0 Å². The number of carbonyl (C=O) groups is 3. The Morgan fingerprint density at radius 2 is 1.88 bits per heavy atom. The minimum Gasteiger partial charge on any atom is -0.496 e. The van der Waals surface area contributed by atoms with Crippen molar-refractivity contribution in [2.75, 3.05) is 12.4 Å². The molecule has 2 aromatic carbocycles. The zero-order chi connectivity index (χ0) is 18.5. The smallest absolute Gasteiger partial charge is 0.286 e. The maximum atomic E-state index is 12.2. The molecular formula is C19H18N2O4S. The molecule has 1 aliphatic rings. The normalized spacial score (nSPS) is 16.3. The summed E-state index contributed by atoms with van der Waals surface area (Å²) in [5, 5.41) is 4.42. The maximum Gasteiger partial charge on any atom is 0.286 e. The molecule has 3 rings (SSSR count). The molecular weight excluding hydrogens is 352 g/mol. The summed E-state index contributed by atoms with van der Waals surface area (Å²) in [6.07, 6.45) is 0.685. The van der Waals surface area contributed by atoms with E-state index < -0.39 is 5.25 Å². The number of benzene rings is 2. The first-order valence-corrected chi connectivity index (χ1v) is 8.95. The standard InChI is InChI=1S/C19H18N2O4S/c1-25-15-5-3-2-4-13(15)11-17(22)20-14-8-6-12(7-9-14)10-16-18(23)21-19(24)26-16/h2-9,16H,10-11H2,1H3,(H,20,22)(H,21,23,24). The first kappa shape index (κ1) is 18.0. The first-order chi connectivity index (χ1) is 12.5. The summed E-state index contributed by atoms with van der Waals surface area (Å²) < 4.78 is 5.25. The number of anilines is 1. The Morgan fingerprint density at radius 3 is 2.54 bits per heavy atom. The number of amides is 3. The predicted octanol–water partition coefficient (Wildman–Crippen LogP) is 2.77. The lowest BCUT2D eigenvalue weighted by Gasteiger charge is -2.10. The third-order valence-electron chi connectivity index (χ3n) is 3.97. The number of hydrogen-bond acceptors (Lipinski definition) is 5. The average Bonchev–Trinajstić information content (AvgIpc) is 2.94. The molecule has 1 heterocycles. The summed E-state index contributed by atoms with van der Waals surface area (Å²) in [5.41, 5.74) is 2.42. The Kier molecular flexibility index (Phi) is 5.58. The molecule has 0 aliphatic carbocycles. The van der Waals surface area contributed by atoms with Crippen molar-refractivity contribution < 1.29 is 19.1 Å². The van der Waals surface area contributed by atoms with Crippen molar-refractivity contribution >= 4 is 34.5 Å². The monoisotopic (exact) mass is 370 g/mol. The molecule has 2 N–H and O–H groups in total. The highest BCUT2D eigenvalue weighted by atomic mass is 32.2. The van der Waals surface area contributed by atoms with Gasteiger partial charge in [-0.3, -0.25) is 19.7 Å². The van der Waals surface area contributed by atoms with Crippen LogP contribution >= 0.6 is 11.8 Å². The van der Waals surface area contributed by atoms with Gasteiger partial charge in [-0.2, -0.15) is 0 Å². The number of nitrogens with one attached hydrogen (secondary N) is 2. The molecule has 0 radical (unpaired) electrons. The zero-order valence-electron chi connectivity index (χ0n) is 14.2. The summed E-state index contributed by atoms with van der Waals surface area (Å²) in [6.45, 7) is 0. The van der Waals surface area contributed by atoms with Gasteiger partial charge in [0.05, 0.1) is 18.8 Å². The van der Waals surface area contributed by atoms with Crippen LogP contribution in [0.5, 0.6) is 5.75 Å². The van der Waals surface area contributed by atoms with Gasteiger partial charge in [0.1, 0.15) is 5.75 Å². The van der Waals surface area contributed by atoms with E-state index in [-0.39, 0.29) is 23.5 Å². The number of methoxy groups -OCH3 is 1. The molecule has 6 nitrogen and oxygen atoms in total. The lowest BCUT2D eigenvalue weighted by atomic mass is 10.1. The van der Waals surface area contributed by atoms with E-state index in [1.165, 1.54) is 0 Å². The third-order valence-corrected chi connectivity index (χ3v) is 4.95. The van der Waals surface area contributed by atoms with Crippen LogP contribution in [0.25, 0.3) is 0 Å². The summed E-state index contributed by atoms with van der Waals surface area (Å²) in [7, 11) is 1.58. The van der Waals surface area contributed by atoms with Crippen molar-refractivity contribution in [3.05, 3.63) is 59.7 Å². The number of carbonyl (C=O) groups excluding carboxylic acids is 3. The van der Waals surface area contributed by atoms with E-state index in [0.717, 1.165) is 22.9 Å². The van der Waals surface area contributed by atoms with Gasteiger partial charge in [0.2, 0.25) is 11.8 Å². The van der Waals surface area contributed by atoms with E-state index in [2.05, 4.69) is 10.6 Å². The number of hydrogen-bond donors (Lipinski definition) is 2. The average molecular weight is 370 g/mol. The molecule has 1 saturated heterocycles. The molecule has 0 aromatic heterocycles. The number of ether oxygens (including phenoxy) is 1. The topological polar surface area (TPSA) is 84.5 Å². The Balaban J connectivity index is 1.58. The van der Waals surface area contributed by atoms with Crippen LogP contribution in [0.1, 0.15) is 11.1 Å². The highest BCUT2D eigenvalue weighted by Crippen LogP contribution is 2.24. The minimum absolute atomic E-state index is 0.140. The minimum atomic E-state index is -0.395. The van der Waals surface area contributed by atoms with E-state index in [9.17, 15) is 14.4 Å². The van der Waals surface area contributed by atoms with Gasteiger partial charge in [-0.15, -0.1) is 0 Å². The van der Waals surface area contributed by atoms with Crippen LogP contribution in [0.4, 0.5) is 10.5 Å². The molecule has 1 fully saturated rings. The molecule has 1 unspecified atom stereocenters. The molecule has 3 amide bonds. The Bertz CT molecular complexity index is 836. The highest BCUT2D eigenvalue weighted by molar-refractivity contribution is 8.15. The van der Waals surface area contributed by atoms with Gasteiger partial charge in [0, 0.05) is 11.3 Å². The van der Waals surface area contributed by atoms with E-state index >= 15 is 0 Å². The van der Waals surface area contributed by atoms with Crippen LogP contribution in [0.3, 0.4) is 0 Å². The van der Waals surface area contributed by atoms with Crippen molar-refractivity contribution in [3.8, 4) is 5.75 Å². The van der Waals surface area contributed by atoms with Gasteiger partial charge in [-0.1, -0.05) is 42.1 Å². The lowest BCUT2D eigenvalue weighted by Crippen LogP contribution is -2.25. The first-order valence-electron chi connectivity index (χ1n) is 8.07. The molecule has 2 aromatic rings. The Labute approximate surface area is 155 Å². The van der Waals surface area contributed by atoms with E-state index in [4.69, 9.17) is 4.74 Å². The summed E-state index contributed by atoms with van der Waals surface area (Å²) >= 11 is 1.01. The van der Waals surface area contributed by atoms with Crippen LogP contribution in [0.2, 0.25) is 0 Å². The molecule has 0 spiro atoms. The van der Waals surface area contributed by atoms with Gasteiger partial charge >= 0.3 is 0 Å². The fourth-order valence-electron chi connectivity index (χ4n) is 2.69. The molecule has 1 aliphatic heterocycles. The van der Waals surface area contributed by atoms with Crippen LogP contribution in [-0.4, -0.2) is 29.4 Å². The Morgan fingerprint density at radius 1 is 1.15 bits per heavy atom. The molecule has 7 heteroatoms. The van der Waals surface area contributed by atoms with Crippen molar-refractivity contribution in [3.63, 3.8) is 0 Å². The summed E-state index contributed by atoms with van der Waals surface area (Å²) in [4.78, 5) is 35.0. The van der Waals surface area contributed by atoms with Gasteiger partial charge in [0.25, 0.3) is 5.24 Å².